The van der Waals surface area contributed by atoms with Gasteiger partial charge in [0.15, 0.2) is 0 Å². The summed E-state index contributed by atoms with van der Waals surface area (Å²) in [5.74, 6) is -4.11. The van der Waals surface area contributed by atoms with Gasteiger partial charge >= 0.3 is 0 Å². The van der Waals surface area contributed by atoms with E-state index < -0.39 is 29.7 Å². The van der Waals surface area contributed by atoms with Crippen molar-refractivity contribution in [1.29, 1.82) is 0 Å². The van der Waals surface area contributed by atoms with E-state index in [-0.39, 0.29) is 61.1 Å². The second-order valence-electron chi connectivity index (χ2n) is 11.3. The summed E-state index contributed by atoms with van der Waals surface area (Å²) >= 11 is 0. The highest BCUT2D eigenvalue weighted by Crippen LogP contribution is 2.43. The van der Waals surface area contributed by atoms with Gasteiger partial charge in [-0.1, -0.05) is 6.92 Å². The number of aromatic nitrogens is 5. The highest BCUT2D eigenvalue weighted by Gasteiger charge is 2.41. The van der Waals surface area contributed by atoms with Gasteiger partial charge in [-0.15, -0.1) is 0 Å². The average Bonchev–Trinajstić information content (AvgIpc) is 3.53. The van der Waals surface area contributed by atoms with Crippen molar-refractivity contribution < 1.29 is 22.8 Å². The van der Waals surface area contributed by atoms with Gasteiger partial charge in [-0.3, -0.25) is 18.7 Å². The average molecular weight is 560 g/mol. The first-order chi connectivity index (χ1) is 19.1. The molecule has 2 aliphatic carbocycles. The lowest BCUT2D eigenvalue weighted by molar-refractivity contribution is -0.122. The Labute approximate surface area is 230 Å². The molecule has 2 atom stereocenters. The lowest BCUT2D eigenvalue weighted by Crippen LogP contribution is -2.38. The zero-order valence-corrected chi connectivity index (χ0v) is 23.0. The molecular weight excluding hydrogens is 523 g/mol. The van der Waals surface area contributed by atoms with Gasteiger partial charge in [0.1, 0.15) is 11.4 Å². The van der Waals surface area contributed by atoms with Crippen LogP contribution < -0.4 is 10.6 Å². The summed E-state index contributed by atoms with van der Waals surface area (Å²) in [5, 5.41) is 10.1. The molecule has 0 radical (unpaired) electrons. The fraction of sp³-hybridized carbons (Fsp3) is 0.607. The molecule has 0 bridgehead atoms. The standard InChI is InChI=1S/C28H36F3N7O2/c1-4-5-21(39)34-22(17-6-7-17)19-11-15-37-25(29)24(36-27(37)33-19)23(18-8-12-28(30,31)13-9-18)35-26(40)20-10-14-32-38(20)16(2)3/h10-11,14-18,22-23H,4-9,12-13H2,1-3H3,(H,34,39)(H,35,40)/t22-,23+/m1/s1. The predicted octanol–water partition coefficient (Wildman–Crippen LogP) is 5.31. The fourth-order valence-corrected chi connectivity index (χ4v) is 5.57. The molecule has 0 aromatic carbocycles. The van der Waals surface area contributed by atoms with Crippen LogP contribution in [0, 0.1) is 17.8 Å². The van der Waals surface area contributed by atoms with E-state index in [1.165, 1.54) is 16.8 Å². The Hall–Kier alpha value is -3.44. The molecule has 3 aromatic heterocycles. The molecule has 3 heterocycles. The highest BCUT2D eigenvalue weighted by molar-refractivity contribution is 5.92. The van der Waals surface area contributed by atoms with Crippen molar-refractivity contribution >= 4 is 17.6 Å². The predicted molar refractivity (Wildman–Crippen MR) is 141 cm³/mol. The number of halogens is 3. The van der Waals surface area contributed by atoms with Crippen LogP contribution >= 0.6 is 0 Å². The number of amides is 2. The molecule has 216 valence electrons. The van der Waals surface area contributed by atoms with Crippen molar-refractivity contribution in [2.24, 2.45) is 11.8 Å². The van der Waals surface area contributed by atoms with Gasteiger partial charge in [-0.2, -0.15) is 9.49 Å². The first-order valence-electron chi connectivity index (χ1n) is 14.1. The number of nitrogens with one attached hydrogen (secondary N) is 2. The van der Waals surface area contributed by atoms with Crippen molar-refractivity contribution in [3.05, 3.63) is 47.6 Å². The number of rotatable bonds is 10. The summed E-state index contributed by atoms with van der Waals surface area (Å²) in [5.41, 5.74) is 0.845. The molecule has 12 heteroatoms. The molecule has 2 saturated carbocycles. The number of hydrogen-bond donors (Lipinski definition) is 2. The van der Waals surface area contributed by atoms with Gasteiger partial charge in [0.05, 0.1) is 17.8 Å². The van der Waals surface area contributed by atoms with Gasteiger partial charge < -0.3 is 10.6 Å². The monoisotopic (exact) mass is 559 g/mol. The minimum absolute atomic E-state index is 0.0400. The zero-order valence-electron chi connectivity index (χ0n) is 23.0. The van der Waals surface area contributed by atoms with Crippen LogP contribution in [-0.4, -0.2) is 41.9 Å². The zero-order chi connectivity index (χ0) is 28.6. The van der Waals surface area contributed by atoms with E-state index in [1.807, 2.05) is 20.8 Å². The third kappa shape index (κ3) is 5.85. The Kier molecular flexibility index (Phi) is 7.87. The lowest BCUT2D eigenvalue weighted by atomic mass is 9.81. The third-order valence-corrected chi connectivity index (χ3v) is 7.89. The quantitative estimate of drug-likeness (QED) is 0.350. The number of imidazole rings is 1. The van der Waals surface area contributed by atoms with Crippen LogP contribution in [0.5, 0.6) is 0 Å². The van der Waals surface area contributed by atoms with Crippen LogP contribution in [0.1, 0.15) is 112 Å². The molecule has 0 aliphatic heterocycles. The minimum Gasteiger partial charge on any atom is -0.347 e. The van der Waals surface area contributed by atoms with E-state index >= 15 is 4.39 Å². The van der Waals surface area contributed by atoms with E-state index in [1.54, 1.807) is 16.8 Å². The maximum atomic E-state index is 15.9. The Balaban J connectivity index is 1.48. The van der Waals surface area contributed by atoms with E-state index in [9.17, 15) is 18.4 Å². The first kappa shape index (κ1) is 28.1. The fourth-order valence-electron chi connectivity index (χ4n) is 5.57. The first-order valence-corrected chi connectivity index (χ1v) is 14.1. The van der Waals surface area contributed by atoms with Crippen molar-refractivity contribution in [2.75, 3.05) is 0 Å². The highest BCUT2D eigenvalue weighted by atomic mass is 19.3. The van der Waals surface area contributed by atoms with Crippen molar-refractivity contribution in [2.45, 2.75) is 96.2 Å². The smallest absolute Gasteiger partial charge is 0.270 e. The summed E-state index contributed by atoms with van der Waals surface area (Å²) in [4.78, 5) is 34.8. The molecular formula is C28H36F3N7O2. The van der Waals surface area contributed by atoms with Crippen LogP contribution in [0.25, 0.3) is 5.78 Å². The molecule has 40 heavy (non-hydrogen) atoms. The molecule has 0 spiro atoms. The van der Waals surface area contributed by atoms with Gasteiger partial charge in [0.25, 0.3) is 5.91 Å². The van der Waals surface area contributed by atoms with Crippen LogP contribution in [0.3, 0.4) is 0 Å². The normalized spacial score (nSPS) is 19.1. The van der Waals surface area contributed by atoms with Crippen molar-refractivity contribution in [3.8, 4) is 0 Å². The number of carbonyl (C=O) groups excluding carboxylic acids is 2. The number of alkyl halides is 2. The number of hydrogen-bond acceptors (Lipinski definition) is 5. The number of fused-ring (bicyclic) bond motifs is 1. The van der Waals surface area contributed by atoms with Crippen LogP contribution in [0.2, 0.25) is 0 Å². The Bertz CT molecular complexity index is 1370. The molecule has 0 saturated heterocycles. The van der Waals surface area contributed by atoms with E-state index in [2.05, 4.69) is 25.7 Å². The Morgan fingerprint density at radius 1 is 1.05 bits per heavy atom. The van der Waals surface area contributed by atoms with Crippen molar-refractivity contribution in [3.63, 3.8) is 0 Å². The Morgan fingerprint density at radius 3 is 2.40 bits per heavy atom. The summed E-state index contributed by atoms with van der Waals surface area (Å²) in [7, 11) is 0. The van der Waals surface area contributed by atoms with Crippen molar-refractivity contribution in [1.82, 2.24) is 34.8 Å². The molecule has 2 N–H and O–H groups in total. The van der Waals surface area contributed by atoms with Gasteiger partial charge in [0, 0.05) is 37.7 Å². The van der Waals surface area contributed by atoms with Gasteiger partial charge in [-0.25, -0.2) is 18.7 Å². The number of nitrogens with zero attached hydrogens (tertiary/aromatic N) is 5. The molecule has 2 aliphatic rings. The van der Waals surface area contributed by atoms with Crippen LogP contribution in [0.4, 0.5) is 13.2 Å². The SMILES string of the molecule is CCCC(=O)N[C@@H](c1ccn2c(F)c([C@@H](NC(=O)c3ccnn3C(C)C)C3CCC(F)(F)CC3)nc2n1)C1CC1. The Morgan fingerprint density at radius 2 is 1.75 bits per heavy atom. The summed E-state index contributed by atoms with van der Waals surface area (Å²) in [6.07, 6.45) is 5.63. The van der Waals surface area contributed by atoms with E-state index in [0.717, 1.165) is 19.3 Å². The maximum Gasteiger partial charge on any atom is 0.270 e. The molecule has 3 aromatic rings. The van der Waals surface area contributed by atoms with Crippen LogP contribution in [-0.2, 0) is 4.79 Å². The summed E-state index contributed by atoms with van der Waals surface area (Å²) in [6.45, 7) is 5.70. The molecule has 9 nitrogen and oxygen atoms in total. The molecule has 5 rings (SSSR count). The van der Waals surface area contributed by atoms with E-state index in [0.29, 0.717) is 17.8 Å². The second-order valence-corrected chi connectivity index (χ2v) is 11.3. The minimum atomic E-state index is -2.78. The summed E-state index contributed by atoms with van der Waals surface area (Å²) < 4.78 is 46.7. The second kappa shape index (κ2) is 11.2. The molecule has 0 unspecified atom stereocenters. The topological polar surface area (TPSA) is 106 Å². The molecule has 2 amide bonds. The van der Waals surface area contributed by atoms with Gasteiger partial charge in [0.2, 0.25) is 23.6 Å². The van der Waals surface area contributed by atoms with Crippen LogP contribution in [0.15, 0.2) is 24.5 Å². The summed E-state index contributed by atoms with van der Waals surface area (Å²) in [6, 6.07) is 1.93. The van der Waals surface area contributed by atoms with Gasteiger partial charge in [-0.05, 0) is 69.9 Å². The maximum absolute atomic E-state index is 15.9. The third-order valence-electron chi connectivity index (χ3n) is 7.89. The lowest BCUT2D eigenvalue weighted by Gasteiger charge is -2.33. The molecule has 2 fully saturated rings. The number of carbonyl (C=O) groups is 2. The largest absolute Gasteiger partial charge is 0.347 e. The van der Waals surface area contributed by atoms with E-state index in [4.69, 9.17) is 0 Å².